The van der Waals surface area contributed by atoms with Crippen molar-refractivity contribution in [2.45, 2.75) is 77.7 Å². The van der Waals surface area contributed by atoms with Crippen molar-refractivity contribution >= 4 is 11.7 Å². The summed E-state index contributed by atoms with van der Waals surface area (Å²) in [5.74, 6) is 2.95. The quantitative estimate of drug-likeness (QED) is 0.635. The van der Waals surface area contributed by atoms with Crippen molar-refractivity contribution in [1.29, 1.82) is 0 Å². The van der Waals surface area contributed by atoms with Crippen LogP contribution in [0, 0.1) is 34.5 Å². The predicted molar refractivity (Wildman–Crippen MR) is 97.9 cm³/mol. The number of carbonyl (C=O) groups is 1. The van der Waals surface area contributed by atoms with E-state index in [0.717, 1.165) is 36.8 Å². The second-order valence-corrected chi connectivity index (χ2v) is 9.61. The summed E-state index contributed by atoms with van der Waals surface area (Å²) >= 11 is 0. The summed E-state index contributed by atoms with van der Waals surface area (Å²) in [6.45, 7) is 4.88. The highest BCUT2D eigenvalue weighted by Gasteiger charge is 2.59. The summed E-state index contributed by atoms with van der Waals surface area (Å²) < 4.78 is 0. The SMILES string of the molecule is C[C@]12CC[C@@H](O)C[C@@H]1CC[C@H]1[C@H]2CC[C@]2(C)/C(=N\NC(N)=O)CC[C@H]12. The lowest BCUT2D eigenvalue weighted by atomic mass is 9.45. The van der Waals surface area contributed by atoms with Crippen molar-refractivity contribution in [2.24, 2.45) is 45.3 Å². The number of nitrogens with one attached hydrogen (secondary N) is 1. The minimum absolute atomic E-state index is 0.0754. The van der Waals surface area contributed by atoms with Crippen LogP contribution >= 0.6 is 0 Å². The highest BCUT2D eigenvalue weighted by atomic mass is 16.3. The predicted octanol–water partition coefficient (Wildman–Crippen LogP) is 3.41. The van der Waals surface area contributed by atoms with Gasteiger partial charge in [-0.1, -0.05) is 13.8 Å². The molecular weight excluding hydrogens is 314 g/mol. The zero-order valence-electron chi connectivity index (χ0n) is 15.6. The van der Waals surface area contributed by atoms with Crippen LogP contribution in [0.5, 0.6) is 0 Å². The van der Waals surface area contributed by atoms with Gasteiger partial charge in [-0.05, 0) is 86.9 Å². The summed E-state index contributed by atoms with van der Waals surface area (Å²) in [6, 6.07) is -0.568. The second kappa shape index (κ2) is 5.97. The zero-order valence-corrected chi connectivity index (χ0v) is 15.6. The first-order valence-electron chi connectivity index (χ1n) is 10.1. The molecule has 0 radical (unpaired) electrons. The van der Waals surface area contributed by atoms with Crippen LogP contribution in [0.2, 0.25) is 0 Å². The number of carbonyl (C=O) groups excluding carboxylic acids is 1. The Morgan fingerprint density at radius 1 is 1.16 bits per heavy atom. The van der Waals surface area contributed by atoms with Crippen molar-refractivity contribution in [3.63, 3.8) is 0 Å². The average Bonchev–Trinajstić information content (AvgIpc) is 2.90. The molecule has 4 aliphatic carbocycles. The van der Waals surface area contributed by atoms with Crippen LogP contribution in [-0.4, -0.2) is 23.0 Å². The maximum atomic E-state index is 11.1. The smallest absolute Gasteiger partial charge is 0.332 e. The zero-order chi connectivity index (χ0) is 17.8. The Morgan fingerprint density at radius 2 is 1.96 bits per heavy atom. The van der Waals surface area contributed by atoms with Crippen LogP contribution in [0.1, 0.15) is 71.6 Å². The number of urea groups is 1. The van der Waals surface area contributed by atoms with Gasteiger partial charge in [0.05, 0.1) is 6.10 Å². The van der Waals surface area contributed by atoms with Gasteiger partial charge in [-0.15, -0.1) is 0 Å². The number of nitrogens with two attached hydrogens (primary N) is 1. The molecule has 0 unspecified atom stereocenters. The number of rotatable bonds is 1. The molecule has 0 heterocycles. The summed E-state index contributed by atoms with van der Waals surface area (Å²) in [7, 11) is 0. The van der Waals surface area contributed by atoms with Gasteiger partial charge in [0.15, 0.2) is 0 Å². The maximum absolute atomic E-state index is 11.1. The van der Waals surface area contributed by atoms with Gasteiger partial charge in [-0.25, -0.2) is 10.2 Å². The third-order valence-corrected chi connectivity index (χ3v) is 8.68. The number of nitrogens with zero attached hydrogens (tertiary/aromatic N) is 1. The number of fused-ring (bicyclic) bond motifs is 5. The van der Waals surface area contributed by atoms with Crippen LogP contribution < -0.4 is 11.2 Å². The van der Waals surface area contributed by atoms with Crippen molar-refractivity contribution in [3.8, 4) is 0 Å². The van der Waals surface area contributed by atoms with Gasteiger partial charge in [0.2, 0.25) is 0 Å². The lowest BCUT2D eigenvalue weighted by Crippen LogP contribution is -2.54. The normalized spacial score (nSPS) is 50.7. The molecule has 0 aromatic rings. The van der Waals surface area contributed by atoms with E-state index in [0.29, 0.717) is 17.3 Å². The molecule has 4 saturated carbocycles. The number of hydrazone groups is 1. The standard InChI is InChI=1S/C20H33N3O2/c1-19-9-7-13(24)11-12(19)3-4-14-15-5-6-17(22-23-18(21)25)20(15,2)10-8-16(14)19/h12-16,24H,3-11H2,1-2H3,(H3,21,23,25)/b22-17-/t12-,13+,14+,15+,16+,19-,20-/m0/s1. The van der Waals surface area contributed by atoms with Crippen LogP contribution in [0.25, 0.3) is 0 Å². The van der Waals surface area contributed by atoms with Crippen LogP contribution in [0.4, 0.5) is 4.79 Å². The molecule has 4 fully saturated rings. The second-order valence-electron chi connectivity index (χ2n) is 9.61. The molecule has 25 heavy (non-hydrogen) atoms. The molecule has 4 N–H and O–H groups in total. The van der Waals surface area contributed by atoms with Gasteiger partial charge in [0.1, 0.15) is 0 Å². The summed E-state index contributed by atoms with van der Waals surface area (Å²) in [6.07, 6.45) is 10.3. The monoisotopic (exact) mass is 347 g/mol. The fourth-order valence-electron chi connectivity index (χ4n) is 7.33. The van der Waals surface area contributed by atoms with E-state index in [2.05, 4.69) is 24.4 Å². The van der Waals surface area contributed by atoms with Gasteiger partial charge >= 0.3 is 6.03 Å². The molecular formula is C20H33N3O2. The Bertz CT molecular complexity index is 591. The highest BCUT2D eigenvalue weighted by Crippen LogP contribution is 2.65. The van der Waals surface area contributed by atoms with Gasteiger partial charge in [0.25, 0.3) is 0 Å². The van der Waals surface area contributed by atoms with Gasteiger partial charge in [-0.3, -0.25) is 0 Å². The van der Waals surface area contributed by atoms with E-state index in [9.17, 15) is 9.90 Å². The van der Waals surface area contributed by atoms with E-state index in [-0.39, 0.29) is 11.5 Å². The Kier molecular flexibility index (Phi) is 4.13. The molecule has 0 saturated heterocycles. The molecule has 140 valence electrons. The lowest BCUT2D eigenvalue weighted by Gasteiger charge is -2.60. The van der Waals surface area contributed by atoms with E-state index >= 15 is 0 Å². The Labute approximate surface area is 150 Å². The van der Waals surface area contributed by atoms with Gasteiger partial charge in [-0.2, -0.15) is 5.10 Å². The highest BCUT2D eigenvalue weighted by molar-refractivity contribution is 5.93. The van der Waals surface area contributed by atoms with E-state index < -0.39 is 6.03 Å². The largest absolute Gasteiger partial charge is 0.393 e. The van der Waals surface area contributed by atoms with Gasteiger partial charge in [0, 0.05) is 11.1 Å². The van der Waals surface area contributed by atoms with Gasteiger partial charge < -0.3 is 10.8 Å². The van der Waals surface area contributed by atoms with Crippen molar-refractivity contribution in [2.75, 3.05) is 0 Å². The molecule has 5 heteroatoms. The Balaban J connectivity index is 1.58. The topological polar surface area (TPSA) is 87.7 Å². The third-order valence-electron chi connectivity index (χ3n) is 8.68. The van der Waals surface area contributed by atoms with Crippen LogP contribution in [-0.2, 0) is 0 Å². The molecule has 0 aromatic heterocycles. The van der Waals surface area contributed by atoms with E-state index in [4.69, 9.17) is 5.73 Å². The first-order valence-corrected chi connectivity index (χ1v) is 10.1. The molecule has 0 spiro atoms. The minimum Gasteiger partial charge on any atom is -0.393 e. The van der Waals surface area contributed by atoms with E-state index in [1.54, 1.807) is 0 Å². The number of hydrogen-bond acceptors (Lipinski definition) is 3. The van der Waals surface area contributed by atoms with Crippen molar-refractivity contribution < 1.29 is 9.90 Å². The molecule has 0 aromatic carbocycles. The maximum Gasteiger partial charge on any atom is 0.332 e. The summed E-state index contributed by atoms with van der Waals surface area (Å²) in [5.41, 5.74) is 9.38. The number of aliphatic hydroxyl groups is 1. The lowest BCUT2D eigenvalue weighted by molar-refractivity contribution is -0.113. The molecule has 7 atom stereocenters. The summed E-state index contributed by atoms with van der Waals surface area (Å²) in [4.78, 5) is 11.1. The molecule has 4 rings (SSSR count). The van der Waals surface area contributed by atoms with E-state index in [1.165, 1.54) is 38.5 Å². The molecule has 0 aliphatic heterocycles. The Morgan fingerprint density at radius 3 is 2.72 bits per heavy atom. The first-order chi connectivity index (χ1) is 11.8. The van der Waals surface area contributed by atoms with Crippen LogP contribution in [0.3, 0.4) is 0 Å². The minimum atomic E-state index is -0.568. The number of hydrogen-bond donors (Lipinski definition) is 3. The number of primary amides is 1. The number of aliphatic hydroxyl groups excluding tert-OH is 1. The van der Waals surface area contributed by atoms with Crippen LogP contribution in [0.15, 0.2) is 5.10 Å². The average molecular weight is 348 g/mol. The first kappa shape index (κ1) is 17.3. The fourth-order valence-corrected chi connectivity index (χ4v) is 7.33. The molecule has 0 bridgehead atoms. The summed E-state index contributed by atoms with van der Waals surface area (Å²) in [5, 5.41) is 14.5. The third kappa shape index (κ3) is 2.61. The number of amides is 2. The van der Waals surface area contributed by atoms with E-state index in [1.807, 2.05) is 0 Å². The molecule has 4 aliphatic rings. The molecule has 2 amide bonds. The van der Waals surface area contributed by atoms with Crippen molar-refractivity contribution in [1.82, 2.24) is 5.43 Å². The molecule has 5 nitrogen and oxygen atoms in total. The fraction of sp³-hybridized carbons (Fsp3) is 0.900. The van der Waals surface area contributed by atoms with Crippen molar-refractivity contribution in [3.05, 3.63) is 0 Å². The Hall–Kier alpha value is -1.10.